The molecule has 0 amide bonds. The first-order valence-corrected chi connectivity index (χ1v) is 6.84. The number of benzene rings is 1. The number of aromatic carboxylic acids is 1. The number of halogens is 3. The van der Waals surface area contributed by atoms with Crippen molar-refractivity contribution in [3.63, 3.8) is 0 Å². The van der Waals surface area contributed by atoms with Crippen molar-refractivity contribution in [2.24, 2.45) is 0 Å². The molecule has 5 heteroatoms. The molecule has 1 fully saturated rings. The van der Waals surface area contributed by atoms with Gasteiger partial charge in [-0.2, -0.15) is 13.2 Å². The maximum atomic E-state index is 13.0. The average Bonchev–Trinajstić information content (AvgIpc) is 2.93. The highest BCUT2D eigenvalue weighted by molar-refractivity contribution is 5.88. The summed E-state index contributed by atoms with van der Waals surface area (Å²) < 4.78 is 38.9. The van der Waals surface area contributed by atoms with Gasteiger partial charge in [-0.1, -0.05) is 32.8 Å². The third kappa shape index (κ3) is 3.74. The van der Waals surface area contributed by atoms with Gasteiger partial charge in [-0.3, -0.25) is 0 Å². The summed E-state index contributed by atoms with van der Waals surface area (Å²) in [6.45, 7) is 4.00. The van der Waals surface area contributed by atoms with Crippen LogP contribution in [0.15, 0.2) is 18.2 Å². The second-order valence-corrected chi connectivity index (χ2v) is 4.59. The van der Waals surface area contributed by atoms with Crippen molar-refractivity contribution in [3.05, 3.63) is 34.9 Å². The zero-order chi connectivity index (χ0) is 15.3. The van der Waals surface area contributed by atoms with E-state index in [-0.39, 0.29) is 17.0 Å². The molecule has 2 nitrogen and oxygen atoms in total. The number of alkyl halides is 3. The Balaban J connectivity index is 0.000000956. The van der Waals surface area contributed by atoms with E-state index in [0.717, 1.165) is 31.7 Å². The van der Waals surface area contributed by atoms with E-state index in [1.807, 2.05) is 13.8 Å². The summed E-state index contributed by atoms with van der Waals surface area (Å²) in [6.07, 6.45) is -1.14. The molecular formula is C15H19F3O2. The molecule has 0 atom stereocenters. The Morgan fingerprint density at radius 2 is 1.75 bits per heavy atom. The first-order chi connectivity index (χ1) is 9.39. The quantitative estimate of drug-likeness (QED) is 0.823. The topological polar surface area (TPSA) is 37.3 Å². The molecule has 1 aliphatic rings. The van der Waals surface area contributed by atoms with Crippen LogP contribution in [0.25, 0.3) is 0 Å². The van der Waals surface area contributed by atoms with Gasteiger partial charge in [0, 0.05) is 0 Å². The summed E-state index contributed by atoms with van der Waals surface area (Å²) in [4.78, 5) is 10.7. The average molecular weight is 288 g/mol. The minimum absolute atomic E-state index is 0.0931. The van der Waals surface area contributed by atoms with Crippen molar-refractivity contribution in [1.82, 2.24) is 0 Å². The predicted molar refractivity (Wildman–Crippen MR) is 71.0 cm³/mol. The first-order valence-electron chi connectivity index (χ1n) is 6.84. The van der Waals surface area contributed by atoms with Gasteiger partial charge >= 0.3 is 12.1 Å². The third-order valence-corrected chi connectivity index (χ3v) is 3.40. The van der Waals surface area contributed by atoms with E-state index in [2.05, 4.69) is 0 Å². The Hall–Kier alpha value is -1.52. The molecular weight excluding hydrogens is 269 g/mol. The summed E-state index contributed by atoms with van der Waals surface area (Å²) in [5.74, 6) is -1.43. The maximum absolute atomic E-state index is 13.0. The van der Waals surface area contributed by atoms with Crippen LogP contribution in [0.4, 0.5) is 13.2 Å². The molecule has 0 saturated heterocycles. The second kappa shape index (κ2) is 6.77. The first kappa shape index (κ1) is 16.5. The third-order valence-electron chi connectivity index (χ3n) is 3.40. The van der Waals surface area contributed by atoms with Crippen molar-refractivity contribution < 1.29 is 23.1 Å². The normalized spacial score (nSPS) is 15.7. The Kier molecular flexibility index (Phi) is 5.60. The van der Waals surface area contributed by atoms with E-state index in [1.165, 1.54) is 12.1 Å². The SMILES string of the molecule is CC.O=C(O)c1ccc(C2CCCC2)c(C(F)(F)F)c1. The molecule has 0 aliphatic heterocycles. The van der Waals surface area contributed by atoms with E-state index >= 15 is 0 Å². The Bertz CT molecular complexity index is 461. The number of hydrogen-bond donors (Lipinski definition) is 1. The Morgan fingerprint density at radius 3 is 2.20 bits per heavy atom. The molecule has 2 rings (SSSR count). The van der Waals surface area contributed by atoms with Crippen LogP contribution in [0.2, 0.25) is 0 Å². The molecule has 1 N–H and O–H groups in total. The fraction of sp³-hybridized carbons (Fsp3) is 0.533. The van der Waals surface area contributed by atoms with E-state index in [4.69, 9.17) is 5.11 Å². The Labute approximate surface area is 116 Å². The van der Waals surface area contributed by atoms with E-state index < -0.39 is 17.7 Å². The molecule has 0 bridgehead atoms. The molecule has 0 heterocycles. The lowest BCUT2D eigenvalue weighted by Gasteiger charge is -2.18. The minimum atomic E-state index is -4.50. The molecule has 20 heavy (non-hydrogen) atoms. The standard InChI is InChI=1S/C13H13F3O2.C2H6/c14-13(15,16)11-7-9(12(17)18)5-6-10(11)8-3-1-2-4-8;1-2/h5-8H,1-4H2,(H,17,18);1-2H3. The van der Waals surface area contributed by atoms with E-state index in [0.29, 0.717) is 0 Å². The van der Waals surface area contributed by atoms with Crippen LogP contribution >= 0.6 is 0 Å². The van der Waals surface area contributed by atoms with Crippen molar-refractivity contribution in [2.45, 2.75) is 51.6 Å². The number of carboxylic acids is 1. The van der Waals surface area contributed by atoms with E-state index in [9.17, 15) is 18.0 Å². The van der Waals surface area contributed by atoms with Gasteiger partial charge < -0.3 is 5.11 Å². The summed E-state index contributed by atoms with van der Waals surface area (Å²) in [7, 11) is 0. The molecule has 1 aliphatic carbocycles. The van der Waals surface area contributed by atoms with Crippen LogP contribution in [0.5, 0.6) is 0 Å². The zero-order valence-electron chi connectivity index (χ0n) is 11.6. The van der Waals surface area contributed by atoms with Gasteiger partial charge in [0.25, 0.3) is 0 Å². The molecule has 1 aromatic carbocycles. The van der Waals surface area contributed by atoms with Crippen molar-refractivity contribution in [1.29, 1.82) is 0 Å². The van der Waals surface area contributed by atoms with Gasteiger partial charge in [-0.15, -0.1) is 0 Å². The Morgan fingerprint density at radius 1 is 1.20 bits per heavy atom. The summed E-state index contributed by atoms with van der Waals surface area (Å²) in [6, 6.07) is 3.32. The number of carbonyl (C=O) groups is 1. The van der Waals surface area contributed by atoms with Gasteiger partial charge in [-0.25, -0.2) is 4.79 Å². The molecule has 1 aromatic rings. The highest BCUT2D eigenvalue weighted by atomic mass is 19.4. The summed E-state index contributed by atoms with van der Waals surface area (Å²) >= 11 is 0. The lowest BCUT2D eigenvalue weighted by molar-refractivity contribution is -0.138. The fourth-order valence-corrected chi connectivity index (χ4v) is 2.53. The van der Waals surface area contributed by atoms with Gasteiger partial charge in [0.15, 0.2) is 0 Å². The lowest BCUT2D eigenvalue weighted by Crippen LogP contribution is -2.13. The van der Waals surface area contributed by atoms with Crippen molar-refractivity contribution >= 4 is 5.97 Å². The predicted octanol–water partition coefficient (Wildman–Crippen LogP) is 5.09. The van der Waals surface area contributed by atoms with Crippen LogP contribution in [-0.4, -0.2) is 11.1 Å². The molecule has 112 valence electrons. The second-order valence-electron chi connectivity index (χ2n) is 4.59. The number of rotatable bonds is 2. The number of hydrogen-bond acceptors (Lipinski definition) is 1. The molecule has 1 saturated carbocycles. The minimum Gasteiger partial charge on any atom is -0.478 e. The lowest BCUT2D eigenvalue weighted by atomic mass is 9.91. The van der Waals surface area contributed by atoms with Crippen LogP contribution in [0, 0.1) is 0 Å². The van der Waals surface area contributed by atoms with E-state index in [1.54, 1.807) is 0 Å². The maximum Gasteiger partial charge on any atom is 0.416 e. The fourth-order valence-electron chi connectivity index (χ4n) is 2.53. The molecule has 0 aromatic heterocycles. The largest absolute Gasteiger partial charge is 0.478 e. The van der Waals surface area contributed by atoms with Crippen molar-refractivity contribution in [2.75, 3.05) is 0 Å². The number of carboxylic acid groups (broad SMARTS) is 1. The summed E-state index contributed by atoms with van der Waals surface area (Å²) in [5.41, 5.74) is -0.872. The van der Waals surface area contributed by atoms with Crippen LogP contribution in [0.1, 0.15) is 66.9 Å². The van der Waals surface area contributed by atoms with Gasteiger partial charge in [0.05, 0.1) is 11.1 Å². The highest BCUT2D eigenvalue weighted by Gasteiger charge is 2.36. The van der Waals surface area contributed by atoms with Crippen LogP contribution in [-0.2, 0) is 6.18 Å². The van der Waals surface area contributed by atoms with Crippen LogP contribution in [0.3, 0.4) is 0 Å². The summed E-state index contributed by atoms with van der Waals surface area (Å²) in [5, 5.41) is 8.76. The highest BCUT2D eigenvalue weighted by Crippen LogP contribution is 2.41. The smallest absolute Gasteiger partial charge is 0.416 e. The molecule has 0 unspecified atom stereocenters. The van der Waals surface area contributed by atoms with Crippen LogP contribution < -0.4 is 0 Å². The molecule has 0 radical (unpaired) electrons. The monoisotopic (exact) mass is 288 g/mol. The van der Waals surface area contributed by atoms with Crippen molar-refractivity contribution in [3.8, 4) is 0 Å². The van der Waals surface area contributed by atoms with Gasteiger partial charge in [-0.05, 0) is 36.5 Å². The van der Waals surface area contributed by atoms with Gasteiger partial charge in [0.1, 0.15) is 0 Å². The van der Waals surface area contributed by atoms with Gasteiger partial charge in [0.2, 0.25) is 0 Å². The molecule has 0 spiro atoms. The zero-order valence-corrected chi connectivity index (χ0v) is 11.6.